The number of hydrogen-bond acceptors (Lipinski definition) is 3. The van der Waals surface area contributed by atoms with Crippen LogP contribution in [0.4, 0.5) is 13.2 Å². The van der Waals surface area contributed by atoms with E-state index < -0.39 is 18.6 Å². The topological polar surface area (TPSA) is 44.4 Å². The minimum atomic E-state index is -4.35. The fourth-order valence-corrected chi connectivity index (χ4v) is 1.42. The van der Waals surface area contributed by atoms with Crippen molar-refractivity contribution < 1.29 is 18.0 Å². The summed E-state index contributed by atoms with van der Waals surface area (Å²) in [6.07, 6.45) is -1.92. The van der Waals surface area contributed by atoms with Gasteiger partial charge in [-0.3, -0.25) is 4.79 Å². The average Bonchev–Trinajstić information content (AvgIpc) is 3.03. The number of amides is 1. The van der Waals surface area contributed by atoms with E-state index in [2.05, 4.69) is 10.2 Å². The minimum absolute atomic E-state index is 0.0748. The first kappa shape index (κ1) is 14.2. The Morgan fingerprint density at radius 2 is 2.06 bits per heavy atom. The number of nitrogens with one attached hydrogen (secondary N) is 2. The van der Waals surface area contributed by atoms with Gasteiger partial charge in [-0.2, -0.15) is 13.2 Å². The first-order valence-corrected chi connectivity index (χ1v) is 5.63. The molecule has 17 heavy (non-hydrogen) atoms. The Hall–Kier alpha value is -0.820. The first-order valence-electron chi connectivity index (χ1n) is 5.63. The Kier molecular flexibility index (Phi) is 5.20. The molecule has 0 bridgehead atoms. The molecular formula is C10H18F3N3O. The van der Waals surface area contributed by atoms with Gasteiger partial charge in [0.15, 0.2) is 0 Å². The molecule has 0 radical (unpaired) electrons. The average molecular weight is 253 g/mol. The first-order chi connectivity index (χ1) is 7.88. The Morgan fingerprint density at radius 1 is 1.41 bits per heavy atom. The van der Waals surface area contributed by atoms with E-state index in [1.807, 2.05) is 7.05 Å². The van der Waals surface area contributed by atoms with Crippen molar-refractivity contribution in [3.05, 3.63) is 0 Å². The summed E-state index contributed by atoms with van der Waals surface area (Å²) in [5.41, 5.74) is 0. The highest BCUT2D eigenvalue weighted by molar-refractivity contribution is 5.77. The van der Waals surface area contributed by atoms with Gasteiger partial charge in [0.25, 0.3) is 0 Å². The summed E-state index contributed by atoms with van der Waals surface area (Å²) >= 11 is 0. The van der Waals surface area contributed by atoms with Crippen LogP contribution < -0.4 is 10.6 Å². The molecule has 1 amide bonds. The highest BCUT2D eigenvalue weighted by atomic mass is 19.4. The van der Waals surface area contributed by atoms with Crippen LogP contribution in [0.2, 0.25) is 0 Å². The number of likely N-dealkylation sites (N-methyl/N-ethyl adjacent to an activating group) is 1. The van der Waals surface area contributed by atoms with Crippen LogP contribution in [0.25, 0.3) is 0 Å². The Balaban J connectivity index is 1.96. The van der Waals surface area contributed by atoms with Gasteiger partial charge in [-0.05, 0) is 19.9 Å². The molecule has 100 valence electrons. The number of carbonyl (C=O) groups excluding carboxylic acids is 1. The summed E-state index contributed by atoms with van der Waals surface area (Å²) in [6.45, 7) is 0.0632. The molecule has 0 spiro atoms. The van der Waals surface area contributed by atoms with E-state index in [1.165, 1.54) is 12.8 Å². The van der Waals surface area contributed by atoms with Crippen molar-refractivity contribution in [2.45, 2.75) is 25.1 Å². The minimum Gasteiger partial charge on any atom is -0.346 e. The fraction of sp³-hybridized carbons (Fsp3) is 0.900. The zero-order valence-electron chi connectivity index (χ0n) is 9.81. The van der Waals surface area contributed by atoms with Crippen LogP contribution in [0, 0.1) is 0 Å². The maximum Gasteiger partial charge on any atom is 0.405 e. The van der Waals surface area contributed by atoms with Gasteiger partial charge in [-0.1, -0.05) is 0 Å². The van der Waals surface area contributed by atoms with Crippen LogP contribution in [0.3, 0.4) is 0 Å². The van der Waals surface area contributed by atoms with Gasteiger partial charge in [-0.15, -0.1) is 0 Å². The SMILES string of the molecule is CN(CCNCC(=O)NCC(F)(F)F)C1CC1. The van der Waals surface area contributed by atoms with Crippen LogP contribution in [-0.2, 0) is 4.79 Å². The highest BCUT2D eigenvalue weighted by Crippen LogP contribution is 2.24. The van der Waals surface area contributed by atoms with Crippen molar-refractivity contribution in [3.8, 4) is 0 Å². The number of alkyl halides is 3. The second-order valence-corrected chi connectivity index (χ2v) is 4.28. The summed E-state index contributed by atoms with van der Waals surface area (Å²) in [4.78, 5) is 13.2. The predicted octanol–water partition coefficient (Wildman–Crippen LogP) is 0.349. The number of nitrogens with zero attached hydrogens (tertiary/aromatic N) is 1. The maximum absolute atomic E-state index is 11.8. The normalized spacial score (nSPS) is 16.3. The molecule has 1 saturated carbocycles. The van der Waals surface area contributed by atoms with Gasteiger partial charge in [0.05, 0.1) is 6.54 Å². The van der Waals surface area contributed by atoms with Crippen LogP contribution in [0.1, 0.15) is 12.8 Å². The lowest BCUT2D eigenvalue weighted by molar-refractivity contribution is -0.137. The van der Waals surface area contributed by atoms with Crippen molar-refractivity contribution in [2.75, 3.05) is 33.2 Å². The highest BCUT2D eigenvalue weighted by Gasteiger charge is 2.27. The zero-order chi connectivity index (χ0) is 12.9. The van der Waals surface area contributed by atoms with Gasteiger partial charge in [0.2, 0.25) is 5.91 Å². The molecule has 0 aromatic rings. The molecule has 0 aromatic carbocycles. The number of carbonyl (C=O) groups is 1. The van der Waals surface area contributed by atoms with Gasteiger partial charge in [-0.25, -0.2) is 0 Å². The molecule has 0 atom stereocenters. The van der Waals surface area contributed by atoms with E-state index in [-0.39, 0.29) is 6.54 Å². The maximum atomic E-state index is 11.8. The lowest BCUT2D eigenvalue weighted by Gasteiger charge is -2.15. The van der Waals surface area contributed by atoms with Gasteiger partial charge in [0.1, 0.15) is 6.54 Å². The Bertz CT molecular complexity index is 254. The molecule has 1 aliphatic carbocycles. The summed E-state index contributed by atoms with van der Waals surface area (Å²) < 4.78 is 35.3. The van der Waals surface area contributed by atoms with E-state index in [0.717, 1.165) is 6.54 Å². The van der Waals surface area contributed by atoms with Gasteiger partial charge < -0.3 is 15.5 Å². The third-order valence-electron chi connectivity index (χ3n) is 2.58. The number of rotatable bonds is 7. The number of halogens is 3. The molecule has 0 heterocycles. The fourth-order valence-electron chi connectivity index (χ4n) is 1.42. The molecule has 7 heteroatoms. The predicted molar refractivity (Wildman–Crippen MR) is 57.6 cm³/mol. The quantitative estimate of drug-likeness (QED) is 0.643. The van der Waals surface area contributed by atoms with Crippen LogP contribution in [-0.4, -0.2) is 56.3 Å². The van der Waals surface area contributed by atoms with Crippen molar-refractivity contribution in [1.29, 1.82) is 0 Å². The van der Waals surface area contributed by atoms with Crippen LogP contribution >= 0.6 is 0 Å². The van der Waals surface area contributed by atoms with Gasteiger partial charge >= 0.3 is 6.18 Å². The van der Waals surface area contributed by atoms with E-state index in [1.54, 1.807) is 5.32 Å². The molecule has 1 fully saturated rings. The van der Waals surface area contributed by atoms with E-state index in [9.17, 15) is 18.0 Å². The monoisotopic (exact) mass is 253 g/mol. The largest absolute Gasteiger partial charge is 0.405 e. The number of hydrogen-bond donors (Lipinski definition) is 2. The lowest BCUT2D eigenvalue weighted by atomic mass is 10.4. The molecule has 1 rings (SSSR count). The van der Waals surface area contributed by atoms with Crippen molar-refractivity contribution >= 4 is 5.91 Å². The molecule has 1 aliphatic rings. The summed E-state index contributed by atoms with van der Waals surface area (Å²) in [5.74, 6) is -0.628. The van der Waals surface area contributed by atoms with Crippen molar-refractivity contribution in [3.63, 3.8) is 0 Å². The standard InChI is InChI=1S/C10H18F3N3O/c1-16(8-2-3-8)5-4-14-6-9(17)15-7-10(11,12)13/h8,14H,2-7H2,1H3,(H,15,17). The summed E-state index contributed by atoms with van der Waals surface area (Å²) in [5, 5.41) is 4.62. The van der Waals surface area contributed by atoms with Crippen LogP contribution in [0.5, 0.6) is 0 Å². The molecule has 0 aromatic heterocycles. The molecule has 0 saturated heterocycles. The zero-order valence-corrected chi connectivity index (χ0v) is 9.81. The van der Waals surface area contributed by atoms with E-state index in [0.29, 0.717) is 12.6 Å². The summed E-state index contributed by atoms with van der Waals surface area (Å²) in [7, 11) is 2.00. The van der Waals surface area contributed by atoms with Gasteiger partial charge in [0, 0.05) is 19.1 Å². The summed E-state index contributed by atoms with van der Waals surface area (Å²) in [6, 6.07) is 0.649. The van der Waals surface area contributed by atoms with Crippen molar-refractivity contribution in [1.82, 2.24) is 15.5 Å². The van der Waals surface area contributed by atoms with Crippen molar-refractivity contribution in [2.24, 2.45) is 0 Å². The second kappa shape index (κ2) is 6.20. The molecule has 0 aliphatic heterocycles. The van der Waals surface area contributed by atoms with E-state index >= 15 is 0 Å². The molecule has 0 unspecified atom stereocenters. The third kappa shape index (κ3) is 7.17. The smallest absolute Gasteiger partial charge is 0.346 e. The lowest BCUT2D eigenvalue weighted by Crippen LogP contribution is -2.41. The van der Waals surface area contributed by atoms with E-state index in [4.69, 9.17) is 0 Å². The molecule has 4 nitrogen and oxygen atoms in total. The third-order valence-corrected chi connectivity index (χ3v) is 2.58. The second-order valence-electron chi connectivity index (χ2n) is 4.28. The molecular weight excluding hydrogens is 235 g/mol. The molecule has 2 N–H and O–H groups in total. The van der Waals surface area contributed by atoms with Crippen LogP contribution in [0.15, 0.2) is 0 Å². The Labute approximate surface area is 98.5 Å². The Morgan fingerprint density at radius 3 is 2.59 bits per heavy atom.